The van der Waals surface area contributed by atoms with E-state index in [0.717, 1.165) is 24.0 Å². The summed E-state index contributed by atoms with van der Waals surface area (Å²) in [6.45, 7) is 3.26. The third-order valence-corrected chi connectivity index (χ3v) is 6.79. The fraction of sp³-hybridized carbons (Fsp3) is 0.316. The molecule has 1 aliphatic rings. The van der Waals surface area contributed by atoms with Gasteiger partial charge in [-0.25, -0.2) is 22.2 Å². The molecule has 30 heavy (non-hydrogen) atoms. The summed E-state index contributed by atoms with van der Waals surface area (Å²) in [5.41, 5.74) is 0.0891. The molecule has 0 unspecified atom stereocenters. The second kappa shape index (κ2) is 8.07. The first-order chi connectivity index (χ1) is 14.3. The number of hydrogen-bond acceptors (Lipinski definition) is 6. The van der Waals surface area contributed by atoms with Crippen molar-refractivity contribution >= 4 is 15.8 Å². The Hall–Kier alpha value is -2.92. The number of imidazole rings is 1. The summed E-state index contributed by atoms with van der Waals surface area (Å²) in [6, 6.07) is 6.46. The van der Waals surface area contributed by atoms with E-state index in [9.17, 15) is 17.2 Å². The number of halogens is 2. The summed E-state index contributed by atoms with van der Waals surface area (Å²) in [7, 11) is -3.69. The average molecular weight is 434 g/mol. The molecular formula is C19H20F2N6O2S. The maximum absolute atomic E-state index is 13.4. The van der Waals surface area contributed by atoms with Crippen molar-refractivity contribution in [3.05, 3.63) is 65.7 Å². The molecule has 0 amide bonds. The van der Waals surface area contributed by atoms with E-state index < -0.39 is 27.4 Å². The predicted molar refractivity (Wildman–Crippen MR) is 107 cm³/mol. The predicted octanol–water partition coefficient (Wildman–Crippen LogP) is 1.90. The van der Waals surface area contributed by atoms with Crippen molar-refractivity contribution in [1.82, 2.24) is 24.1 Å². The first-order valence-corrected chi connectivity index (χ1v) is 10.9. The molecule has 2 aromatic heterocycles. The third-order valence-electron chi connectivity index (χ3n) is 4.94. The first-order valence-electron chi connectivity index (χ1n) is 9.34. The van der Waals surface area contributed by atoms with Crippen LogP contribution in [-0.2, 0) is 15.8 Å². The molecule has 1 fully saturated rings. The molecule has 158 valence electrons. The zero-order valence-corrected chi connectivity index (χ0v) is 17.1. The van der Waals surface area contributed by atoms with Gasteiger partial charge < -0.3 is 4.90 Å². The number of aryl methyl sites for hydroxylation is 1. The largest absolute Gasteiger partial charge is 0.352 e. The van der Waals surface area contributed by atoms with Crippen molar-refractivity contribution < 1.29 is 17.2 Å². The van der Waals surface area contributed by atoms with Crippen LogP contribution >= 0.6 is 0 Å². The Morgan fingerprint density at radius 1 is 0.967 bits per heavy atom. The molecule has 1 aromatic carbocycles. The number of piperazine rings is 1. The minimum atomic E-state index is -3.69. The van der Waals surface area contributed by atoms with Crippen LogP contribution in [0.4, 0.5) is 14.6 Å². The molecule has 3 aromatic rings. The van der Waals surface area contributed by atoms with E-state index in [4.69, 9.17) is 0 Å². The number of nitrogens with zero attached hydrogens (tertiary/aromatic N) is 6. The lowest BCUT2D eigenvalue weighted by molar-refractivity contribution is 0.383. The van der Waals surface area contributed by atoms with Crippen molar-refractivity contribution in [2.75, 3.05) is 31.1 Å². The minimum Gasteiger partial charge on any atom is -0.352 e. The second-order valence-corrected chi connectivity index (χ2v) is 8.98. The molecule has 0 aliphatic carbocycles. The fourth-order valence-electron chi connectivity index (χ4n) is 3.43. The van der Waals surface area contributed by atoms with Crippen LogP contribution in [0.2, 0.25) is 0 Å². The van der Waals surface area contributed by atoms with Gasteiger partial charge in [-0.1, -0.05) is 0 Å². The van der Waals surface area contributed by atoms with Crippen LogP contribution in [-0.4, -0.2) is 58.7 Å². The highest BCUT2D eigenvalue weighted by atomic mass is 32.2. The summed E-state index contributed by atoms with van der Waals surface area (Å²) in [6.07, 6.45) is 3.48. The van der Waals surface area contributed by atoms with Crippen LogP contribution in [0.1, 0.15) is 11.4 Å². The van der Waals surface area contributed by atoms with Gasteiger partial charge in [-0.05, 0) is 36.8 Å². The van der Waals surface area contributed by atoms with Crippen molar-refractivity contribution in [2.24, 2.45) is 0 Å². The van der Waals surface area contributed by atoms with E-state index in [-0.39, 0.29) is 18.7 Å². The lowest BCUT2D eigenvalue weighted by Gasteiger charge is -2.34. The summed E-state index contributed by atoms with van der Waals surface area (Å²) in [4.78, 5) is 6.11. The van der Waals surface area contributed by atoms with Gasteiger partial charge in [0.2, 0.25) is 10.0 Å². The van der Waals surface area contributed by atoms with E-state index in [1.807, 2.05) is 28.5 Å². The Morgan fingerprint density at radius 2 is 1.60 bits per heavy atom. The molecular weight excluding hydrogens is 414 g/mol. The van der Waals surface area contributed by atoms with Gasteiger partial charge in [0.15, 0.2) is 11.6 Å². The zero-order chi connectivity index (χ0) is 21.3. The molecule has 1 aliphatic heterocycles. The van der Waals surface area contributed by atoms with Crippen LogP contribution in [0.15, 0.2) is 42.7 Å². The molecule has 0 spiro atoms. The van der Waals surface area contributed by atoms with Gasteiger partial charge in [0, 0.05) is 44.6 Å². The Labute approximate surface area is 172 Å². The molecule has 3 heterocycles. The second-order valence-electron chi connectivity index (χ2n) is 7.01. The lowest BCUT2D eigenvalue weighted by Crippen LogP contribution is -2.49. The number of sulfonamides is 1. The van der Waals surface area contributed by atoms with Crippen molar-refractivity contribution in [1.29, 1.82) is 0 Å². The highest BCUT2D eigenvalue weighted by molar-refractivity contribution is 7.88. The number of benzene rings is 1. The SMILES string of the molecule is Cc1nccn1-c1ccc(N2CCN(S(=O)(=O)Cc3cc(F)cc(F)c3)CC2)nn1. The molecule has 0 radical (unpaired) electrons. The summed E-state index contributed by atoms with van der Waals surface area (Å²) < 4.78 is 55.2. The third kappa shape index (κ3) is 4.31. The zero-order valence-electron chi connectivity index (χ0n) is 16.2. The Kier molecular flexibility index (Phi) is 5.48. The molecule has 0 bridgehead atoms. The molecule has 8 nitrogen and oxygen atoms in total. The smallest absolute Gasteiger partial charge is 0.218 e. The van der Waals surface area contributed by atoms with E-state index in [1.165, 1.54) is 4.31 Å². The van der Waals surface area contributed by atoms with Crippen LogP contribution < -0.4 is 4.90 Å². The van der Waals surface area contributed by atoms with Crippen molar-refractivity contribution in [3.63, 3.8) is 0 Å². The van der Waals surface area contributed by atoms with E-state index >= 15 is 0 Å². The van der Waals surface area contributed by atoms with Crippen molar-refractivity contribution in [2.45, 2.75) is 12.7 Å². The minimum absolute atomic E-state index is 0.0891. The van der Waals surface area contributed by atoms with E-state index in [1.54, 1.807) is 12.4 Å². The molecule has 1 saturated heterocycles. The lowest BCUT2D eigenvalue weighted by atomic mass is 10.2. The van der Waals surface area contributed by atoms with Crippen LogP contribution in [0.3, 0.4) is 0 Å². The summed E-state index contributed by atoms with van der Waals surface area (Å²) in [5, 5.41) is 8.48. The highest BCUT2D eigenvalue weighted by Crippen LogP contribution is 2.19. The monoisotopic (exact) mass is 434 g/mol. The van der Waals surface area contributed by atoms with E-state index in [2.05, 4.69) is 15.2 Å². The highest BCUT2D eigenvalue weighted by Gasteiger charge is 2.28. The number of anilines is 1. The summed E-state index contributed by atoms with van der Waals surface area (Å²) >= 11 is 0. The van der Waals surface area contributed by atoms with Crippen LogP contribution in [0, 0.1) is 18.6 Å². The molecule has 0 atom stereocenters. The van der Waals surface area contributed by atoms with Gasteiger partial charge in [0.25, 0.3) is 0 Å². The van der Waals surface area contributed by atoms with E-state index in [0.29, 0.717) is 24.7 Å². The van der Waals surface area contributed by atoms with Gasteiger partial charge in [-0.2, -0.15) is 4.31 Å². The van der Waals surface area contributed by atoms with Crippen LogP contribution in [0.25, 0.3) is 5.82 Å². The Bertz CT molecular complexity index is 1120. The topological polar surface area (TPSA) is 84.2 Å². The molecule has 11 heteroatoms. The molecule has 4 rings (SSSR count). The maximum Gasteiger partial charge on any atom is 0.218 e. The van der Waals surface area contributed by atoms with Crippen molar-refractivity contribution in [3.8, 4) is 5.82 Å². The number of hydrogen-bond donors (Lipinski definition) is 0. The van der Waals surface area contributed by atoms with Gasteiger partial charge in [-0.15, -0.1) is 10.2 Å². The van der Waals surface area contributed by atoms with Gasteiger partial charge in [0.1, 0.15) is 17.5 Å². The first kappa shape index (κ1) is 20.4. The molecule has 0 N–H and O–H groups in total. The standard InChI is InChI=1S/C19H20F2N6O2S/c1-14-22-4-5-27(14)19-3-2-18(23-24-19)25-6-8-26(9-7-25)30(28,29)13-15-10-16(20)12-17(21)11-15/h2-5,10-12H,6-9,13H2,1H3. The Morgan fingerprint density at radius 3 is 2.17 bits per heavy atom. The summed E-state index contributed by atoms with van der Waals surface area (Å²) in [5.74, 6) is 0.0726. The van der Waals surface area contributed by atoms with Gasteiger partial charge in [-0.3, -0.25) is 4.57 Å². The van der Waals surface area contributed by atoms with Crippen LogP contribution in [0.5, 0.6) is 0 Å². The average Bonchev–Trinajstić information content (AvgIpc) is 3.13. The fourth-order valence-corrected chi connectivity index (χ4v) is 4.92. The van der Waals surface area contributed by atoms with Gasteiger partial charge in [0.05, 0.1) is 5.75 Å². The van der Waals surface area contributed by atoms with Gasteiger partial charge >= 0.3 is 0 Å². The molecule has 0 saturated carbocycles. The maximum atomic E-state index is 13.4. The quantitative estimate of drug-likeness (QED) is 0.610. The Balaban J connectivity index is 1.40. The normalized spacial score (nSPS) is 15.5. The number of aromatic nitrogens is 4. The number of rotatable bonds is 5.